The largest absolute Gasteiger partial charge is 0.468 e. The number of carbonyl (C=O) groups is 1. The highest BCUT2D eigenvalue weighted by Crippen LogP contribution is 2.18. The maximum atomic E-state index is 11.7. The Labute approximate surface area is 113 Å². The van der Waals surface area contributed by atoms with E-state index in [2.05, 4.69) is 24.1 Å². The number of methoxy groups -OCH3 is 1. The first-order valence-electron chi connectivity index (χ1n) is 6.23. The van der Waals surface area contributed by atoms with Gasteiger partial charge in [0.1, 0.15) is 6.04 Å². The van der Waals surface area contributed by atoms with E-state index < -0.39 is 0 Å². The van der Waals surface area contributed by atoms with Crippen molar-refractivity contribution in [2.75, 3.05) is 7.11 Å². The van der Waals surface area contributed by atoms with E-state index in [0.717, 1.165) is 17.1 Å². The third-order valence-electron chi connectivity index (χ3n) is 3.15. The number of aryl methyl sites for hydroxylation is 2. The Morgan fingerprint density at radius 2 is 2.17 bits per heavy atom. The normalized spacial score (nSPS) is 14.3. The van der Waals surface area contributed by atoms with Crippen LogP contribution in [0.5, 0.6) is 0 Å². The van der Waals surface area contributed by atoms with Crippen molar-refractivity contribution < 1.29 is 9.53 Å². The molecule has 0 spiro atoms. The molecule has 0 aliphatic heterocycles. The van der Waals surface area contributed by atoms with Crippen molar-refractivity contribution in [2.24, 2.45) is 5.92 Å². The van der Waals surface area contributed by atoms with Gasteiger partial charge >= 0.3 is 5.97 Å². The SMILES string of the molecule is CCC(C)C(NCc1sc(C)nc1C)C(=O)OC. The zero-order valence-electron chi connectivity index (χ0n) is 11.7. The average Bonchev–Trinajstić information content (AvgIpc) is 2.67. The molecule has 1 aromatic rings. The Bertz CT molecular complexity index is 404. The van der Waals surface area contributed by atoms with E-state index in [4.69, 9.17) is 4.74 Å². The lowest BCUT2D eigenvalue weighted by Gasteiger charge is -2.21. The Balaban J connectivity index is 2.67. The lowest BCUT2D eigenvalue weighted by molar-refractivity contribution is -0.144. The summed E-state index contributed by atoms with van der Waals surface area (Å²) in [5, 5.41) is 4.35. The van der Waals surface area contributed by atoms with E-state index in [1.807, 2.05) is 13.8 Å². The van der Waals surface area contributed by atoms with Gasteiger partial charge in [0.05, 0.1) is 17.8 Å². The van der Waals surface area contributed by atoms with Crippen molar-refractivity contribution >= 4 is 17.3 Å². The quantitative estimate of drug-likeness (QED) is 0.807. The topological polar surface area (TPSA) is 51.2 Å². The maximum absolute atomic E-state index is 11.7. The first-order chi connectivity index (χ1) is 8.49. The fourth-order valence-corrected chi connectivity index (χ4v) is 2.71. The summed E-state index contributed by atoms with van der Waals surface area (Å²) in [6.07, 6.45) is 0.938. The van der Waals surface area contributed by atoms with E-state index in [9.17, 15) is 4.79 Å². The summed E-state index contributed by atoms with van der Waals surface area (Å²) >= 11 is 1.67. The summed E-state index contributed by atoms with van der Waals surface area (Å²) in [7, 11) is 1.43. The second-order valence-corrected chi connectivity index (χ2v) is 5.80. The van der Waals surface area contributed by atoms with E-state index in [-0.39, 0.29) is 17.9 Å². The number of nitrogens with zero attached hydrogens (tertiary/aromatic N) is 1. The van der Waals surface area contributed by atoms with Crippen LogP contribution in [0.2, 0.25) is 0 Å². The number of hydrogen-bond acceptors (Lipinski definition) is 5. The number of esters is 1. The van der Waals surface area contributed by atoms with Gasteiger partial charge in [0.15, 0.2) is 0 Å². The van der Waals surface area contributed by atoms with Gasteiger partial charge in [-0.3, -0.25) is 10.1 Å². The highest BCUT2D eigenvalue weighted by Gasteiger charge is 2.24. The molecular weight excluding hydrogens is 248 g/mol. The molecule has 0 aliphatic rings. The fraction of sp³-hybridized carbons (Fsp3) is 0.692. The predicted octanol–water partition coefficient (Wildman–Crippen LogP) is 2.44. The second kappa shape index (κ2) is 6.85. The fourth-order valence-electron chi connectivity index (χ4n) is 1.82. The van der Waals surface area contributed by atoms with Gasteiger partial charge in [-0.05, 0) is 19.8 Å². The molecular formula is C13H22N2O2S. The molecule has 0 bridgehead atoms. The number of hydrogen-bond donors (Lipinski definition) is 1. The summed E-state index contributed by atoms with van der Waals surface area (Å²) in [5.74, 6) is 0.0648. The van der Waals surface area contributed by atoms with Gasteiger partial charge in [-0.15, -0.1) is 11.3 Å². The Hall–Kier alpha value is -0.940. The number of ether oxygens (including phenoxy) is 1. The summed E-state index contributed by atoms with van der Waals surface area (Å²) in [4.78, 5) is 17.3. The number of rotatable bonds is 6. The minimum absolute atomic E-state index is 0.191. The molecule has 0 radical (unpaired) electrons. The molecule has 0 saturated heterocycles. The van der Waals surface area contributed by atoms with Crippen LogP contribution in [0.3, 0.4) is 0 Å². The van der Waals surface area contributed by atoms with Gasteiger partial charge in [-0.2, -0.15) is 0 Å². The van der Waals surface area contributed by atoms with Crippen LogP contribution in [-0.4, -0.2) is 24.1 Å². The lowest BCUT2D eigenvalue weighted by atomic mass is 9.99. The van der Waals surface area contributed by atoms with Crippen LogP contribution in [0.25, 0.3) is 0 Å². The molecule has 0 aromatic carbocycles. The molecule has 1 N–H and O–H groups in total. The molecule has 0 saturated carbocycles. The zero-order valence-corrected chi connectivity index (χ0v) is 12.6. The van der Waals surface area contributed by atoms with Crippen LogP contribution in [0.15, 0.2) is 0 Å². The van der Waals surface area contributed by atoms with Crippen molar-refractivity contribution in [2.45, 2.75) is 46.7 Å². The minimum Gasteiger partial charge on any atom is -0.468 e. The number of carbonyl (C=O) groups excluding carboxylic acids is 1. The summed E-state index contributed by atoms with van der Waals surface area (Å²) in [6, 6.07) is -0.248. The van der Waals surface area contributed by atoms with Crippen molar-refractivity contribution in [3.8, 4) is 0 Å². The van der Waals surface area contributed by atoms with Crippen molar-refractivity contribution in [1.29, 1.82) is 0 Å². The average molecular weight is 270 g/mol. The van der Waals surface area contributed by atoms with E-state index in [1.165, 1.54) is 12.0 Å². The van der Waals surface area contributed by atoms with Crippen LogP contribution >= 0.6 is 11.3 Å². The molecule has 102 valence electrons. The highest BCUT2D eigenvalue weighted by molar-refractivity contribution is 7.11. The number of aromatic nitrogens is 1. The van der Waals surface area contributed by atoms with Crippen LogP contribution in [0.1, 0.15) is 35.8 Å². The van der Waals surface area contributed by atoms with Gasteiger partial charge in [0.2, 0.25) is 0 Å². The van der Waals surface area contributed by atoms with E-state index in [1.54, 1.807) is 11.3 Å². The monoisotopic (exact) mass is 270 g/mol. The van der Waals surface area contributed by atoms with Gasteiger partial charge in [0.25, 0.3) is 0 Å². The van der Waals surface area contributed by atoms with Gasteiger partial charge in [0, 0.05) is 11.4 Å². The Morgan fingerprint density at radius 3 is 2.61 bits per heavy atom. The summed E-state index contributed by atoms with van der Waals surface area (Å²) in [5.41, 5.74) is 1.04. The number of nitrogens with one attached hydrogen (secondary N) is 1. The number of thiazole rings is 1. The van der Waals surface area contributed by atoms with Crippen molar-refractivity contribution in [1.82, 2.24) is 10.3 Å². The second-order valence-electron chi connectivity index (χ2n) is 4.51. The van der Waals surface area contributed by atoms with Gasteiger partial charge in [-0.25, -0.2) is 4.98 Å². The molecule has 18 heavy (non-hydrogen) atoms. The molecule has 4 nitrogen and oxygen atoms in total. The Morgan fingerprint density at radius 1 is 1.50 bits per heavy atom. The van der Waals surface area contributed by atoms with Crippen LogP contribution < -0.4 is 5.32 Å². The summed E-state index contributed by atoms with van der Waals surface area (Å²) < 4.78 is 4.85. The van der Waals surface area contributed by atoms with Crippen LogP contribution in [0, 0.1) is 19.8 Å². The third kappa shape index (κ3) is 3.78. The van der Waals surface area contributed by atoms with E-state index in [0.29, 0.717) is 6.54 Å². The first-order valence-corrected chi connectivity index (χ1v) is 7.05. The highest BCUT2D eigenvalue weighted by atomic mass is 32.1. The molecule has 2 atom stereocenters. The summed E-state index contributed by atoms with van der Waals surface area (Å²) in [6.45, 7) is 8.79. The third-order valence-corrected chi connectivity index (χ3v) is 4.22. The zero-order chi connectivity index (χ0) is 13.7. The molecule has 1 rings (SSSR count). The van der Waals surface area contributed by atoms with Gasteiger partial charge in [-0.1, -0.05) is 20.3 Å². The van der Waals surface area contributed by atoms with Gasteiger partial charge < -0.3 is 4.74 Å². The lowest BCUT2D eigenvalue weighted by Crippen LogP contribution is -2.42. The minimum atomic E-state index is -0.248. The molecule has 0 fully saturated rings. The van der Waals surface area contributed by atoms with Crippen LogP contribution in [-0.2, 0) is 16.1 Å². The first kappa shape index (κ1) is 15.1. The molecule has 0 aliphatic carbocycles. The van der Waals surface area contributed by atoms with Crippen molar-refractivity contribution in [3.05, 3.63) is 15.6 Å². The predicted molar refractivity (Wildman–Crippen MR) is 73.7 cm³/mol. The smallest absolute Gasteiger partial charge is 0.323 e. The van der Waals surface area contributed by atoms with Crippen molar-refractivity contribution in [3.63, 3.8) is 0 Å². The van der Waals surface area contributed by atoms with E-state index >= 15 is 0 Å². The molecule has 1 aromatic heterocycles. The Kier molecular flexibility index (Phi) is 5.75. The standard InChI is InChI=1S/C13H22N2O2S/c1-6-8(2)12(13(16)17-5)14-7-11-9(3)15-10(4)18-11/h8,12,14H,6-7H2,1-5H3. The molecule has 2 unspecified atom stereocenters. The molecule has 0 amide bonds. The molecule has 1 heterocycles. The van der Waals surface area contributed by atoms with Crippen LogP contribution in [0.4, 0.5) is 0 Å². The molecule has 5 heteroatoms. The maximum Gasteiger partial charge on any atom is 0.323 e.